The van der Waals surface area contributed by atoms with E-state index < -0.39 is 0 Å². The fourth-order valence-corrected chi connectivity index (χ4v) is 6.06. The summed E-state index contributed by atoms with van der Waals surface area (Å²) in [6.07, 6.45) is 9.64. The fraction of sp³-hybridized carbons (Fsp3) is 0.905. The molecule has 0 radical (unpaired) electrons. The second-order valence-corrected chi connectivity index (χ2v) is 9.09. The average Bonchev–Trinajstić information content (AvgIpc) is 3.29. The van der Waals surface area contributed by atoms with Gasteiger partial charge in [-0.1, -0.05) is 12.8 Å². The van der Waals surface area contributed by atoms with Crippen molar-refractivity contribution in [2.75, 3.05) is 32.8 Å². The van der Waals surface area contributed by atoms with Crippen molar-refractivity contribution < 1.29 is 9.53 Å². The molecule has 4 fully saturated rings. The van der Waals surface area contributed by atoms with Crippen LogP contribution < -0.4 is 10.6 Å². The summed E-state index contributed by atoms with van der Waals surface area (Å²) in [6.45, 7) is 8.61. The molecule has 27 heavy (non-hydrogen) atoms. The van der Waals surface area contributed by atoms with Gasteiger partial charge in [-0.2, -0.15) is 0 Å². The number of carbonyl (C=O) groups is 1. The zero-order valence-corrected chi connectivity index (χ0v) is 17.1. The predicted molar refractivity (Wildman–Crippen MR) is 107 cm³/mol. The molecule has 0 bridgehead atoms. The van der Waals surface area contributed by atoms with Gasteiger partial charge in [0.25, 0.3) is 0 Å². The standard InChI is InChI=1S/C21H36N4O2/c1-3-22-19(25-11-7-8-20(15-25)13-18(26)23-14-20)24-16-12-17(27-4-2)21(16)9-5-6-10-21/h16-17H,3-15H2,1-2H3,(H,22,24)(H,23,26). The van der Waals surface area contributed by atoms with Gasteiger partial charge in [-0.15, -0.1) is 0 Å². The quantitative estimate of drug-likeness (QED) is 0.584. The predicted octanol–water partition coefficient (Wildman–Crippen LogP) is 2.29. The van der Waals surface area contributed by atoms with E-state index in [4.69, 9.17) is 9.73 Å². The number of ether oxygens (including phenoxy) is 1. The largest absolute Gasteiger partial charge is 0.378 e. The van der Waals surface area contributed by atoms with Crippen molar-refractivity contribution in [1.29, 1.82) is 0 Å². The van der Waals surface area contributed by atoms with Crippen LogP contribution in [0.5, 0.6) is 0 Å². The van der Waals surface area contributed by atoms with Crippen LogP contribution in [0.25, 0.3) is 0 Å². The highest BCUT2D eigenvalue weighted by atomic mass is 16.5. The number of carbonyl (C=O) groups excluding carboxylic acids is 1. The minimum atomic E-state index is 0.101. The van der Waals surface area contributed by atoms with Gasteiger partial charge in [-0.05, 0) is 46.0 Å². The fourth-order valence-electron chi connectivity index (χ4n) is 6.06. The zero-order valence-electron chi connectivity index (χ0n) is 17.1. The Morgan fingerprint density at radius 3 is 2.78 bits per heavy atom. The molecule has 3 atom stereocenters. The summed E-state index contributed by atoms with van der Waals surface area (Å²) in [7, 11) is 0. The van der Waals surface area contributed by atoms with E-state index >= 15 is 0 Å². The Morgan fingerprint density at radius 2 is 2.11 bits per heavy atom. The molecule has 2 aliphatic carbocycles. The molecule has 6 heteroatoms. The number of aliphatic imine (C=N–C) groups is 1. The van der Waals surface area contributed by atoms with E-state index in [2.05, 4.69) is 29.4 Å². The molecule has 1 amide bonds. The smallest absolute Gasteiger partial charge is 0.220 e. The minimum Gasteiger partial charge on any atom is -0.378 e. The molecule has 0 aromatic carbocycles. The number of amides is 1. The number of likely N-dealkylation sites (tertiary alicyclic amines) is 1. The lowest BCUT2D eigenvalue weighted by molar-refractivity contribution is -0.126. The molecular weight excluding hydrogens is 340 g/mol. The van der Waals surface area contributed by atoms with Crippen molar-refractivity contribution in [3.63, 3.8) is 0 Å². The van der Waals surface area contributed by atoms with Crippen LogP contribution >= 0.6 is 0 Å². The van der Waals surface area contributed by atoms with Gasteiger partial charge in [0.05, 0.1) is 6.10 Å². The molecule has 3 unspecified atom stereocenters. The van der Waals surface area contributed by atoms with Gasteiger partial charge >= 0.3 is 0 Å². The van der Waals surface area contributed by atoms with Crippen LogP contribution in [-0.2, 0) is 9.53 Å². The Hall–Kier alpha value is -1.30. The molecule has 6 nitrogen and oxygen atoms in total. The molecule has 2 heterocycles. The Balaban J connectivity index is 1.46. The normalized spacial score (nSPS) is 35.6. The van der Waals surface area contributed by atoms with Crippen LogP contribution in [0.4, 0.5) is 0 Å². The Morgan fingerprint density at radius 1 is 1.30 bits per heavy atom. The molecule has 2 spiro atoms. The van der Waals surface area contributed by atoms with Crippen molar-refractivity contribution in [2.24, 2.45) is 15.8 Å². The third kappa shape index (κ3) is 3.45. The number of piperidine rings is 1. The Kier molecular flexibility index (Phi) is 5.36. The first kappa shape index (κ1) is 19.0. The summed E-state index contributed by atoms with van der Waals surface area (Å²) in [5, 5.41) is 6.91. The van der Waals surface area contributed by atoms with Gasteiger partial charge in [0.2, 0.25) is 5.91 Å². The SMILES string of the molecule is CCN=C(NC1CC(OCC)C12CCCC2)N1CCCC2(CNC(=O)C2)C1. The first-order valence-corrected chi connectivity index (χ1v) is 11.0. The van der Waals surface area contributed by atoms with E-state index in [0.717, 1.165) is 58.0 Å². The Labute approximate surface area is 163 Å². The monoisotopic (exact) mass is 376 g/mol. The molecule has 2 saturated heterocycles. The molecule has 2 saturated carbocycles. The van der Waals surface area contributed by atoms with Gasteiger partial charge in [0.15, 0.2) is 5.96 Å². The highest BCUT2D eigenvalue weighted by molar-refractivity contribution is 5.82. The molecule has 4 aliphatic rings. The minimum absolute atomic E-state index is 0.101. The van der Waals surface area contributed by atoms with Crippen molar-refractivity contribution in [3.05, 3.63) is 0 Å². The molecular formula is C21H36N4O2. The summed E-state index contributed by atoms with van der Waals surface area (Å²) < 4.78 is 6.08. The summed E-state index contributed by atoms with van der Waals surface area (Å²) >= 11 is 0. The Bertz CT molecular complexity index is 587. The van der Waals surface area contributed by atoms with E-state index in [1.165, 1.54) is 25.7 Å². The van der Waals surface area contributed by atoms with Crippen LogP contribution in [0.3, 0.4) is 0 Å². The zero-order chi connectivity index (χ0) is 18.9. The molecule has 2 N–H and O–H groups in total. The lowest BCUT2D eigenvalue weighted by Gasteiger charge is -2.55. The van der Waals surface area contributed by atoms with E-state index in [9.17, 15) is 4.79 Å². The number of nitrogens with one attached hydrogen (secondary N) is 2. The summed E-state index contributed by atoms with van der Waals surface area (Å²) in [6, 6.07) is 0.475. The van der Waals surface area contributed by atoms with Gasteiger partial charge in [0, 0.05) is 56.1 Å². The van der Waals surface area contributed by atoms with Crippen molar-refractivity contribution in [1.82, 2.24) is 15.5 Å². The summed E-state index contributed by atoms with van der Waals surface area (Å²) in [5.74, 6) is 1.27. The summed E-state index contributed by atoms with van der Waals surface area (Å²) in [5.41, 5.74) is 0.410. The van der Waals surface area contributed by atoms with Crippen molar-refractivity contribution in [2.45, 2.75) is 77.4 Å². The second-order valence-electron chi connectivity index (χ2n) is 9.09. The van der Waals surface area contributed by atoms with Crippen molar-refractivity contribution >= 4 is 11.9 Å². The maximum Gasteiger partial charge on any atom is 0.220 e. The highest BCUT2D eigenvalue weighted by Gasteiger charge is 2.57. The topological polar surface area (TPSA) is 66.0 Å². The van der Waals surface area contributed by atoms with E-state index in [1.807, 2.05) is 0 Å². The molecule has 152 valence electrons. The molecule has 0 aromatic rings. The van der Waals surface area contributed by atoms with E-state index in [0.29, 0.717) is 24.0 Å². The lowest BCUT2D eigenvalue weighted by Crippen LogP contribution is -2.66. The first-order valence-electron chi connectivity index (χ1n) is 11.0. The van der Waals surface area contributed by atoms with Gasteiger partial charge in [0.1, 0.15) is 0 Å². The van der Waals surface area contributed by atoms with Gasteiger partial charge in [-0.25, -0.2) is 0 Å². The number of nitrogens with zero attached hydrogens (tertiary/aromatic N) is 2. The summed E-state index contributed by atoms with van der Waals surface area (Å²) in [4.78, 5) is 19.1. The lowest BCUT2D eigenvalue weighted by atomic mass is 9.60. The highest BCUT2D eigenvalue weighted by Crippen LogP contribution is 2.54. The van der Waals surface area contributed by atoms with Crippen molar-refractivity contribution in [3.8, 4) is 0 Å². The number of guanidine groups is 1. The van der Waals surface area contributed by atoms with E-state index in [-0.39, 0.29) is 11.3 Å². The van der Waals surface area contributed by atoms with Crippen LogP contribution in [0.15, 0.2) is 4.99 Å². The number of rotatable bonds is 4. The third-order valence-electron chi connectivity index (χ3n) is 7.46. The second kappa shape index (κ2) is 7.61. The number of hydrogen-bond donors (Lipinski definition) is 2. The third-order valence-corrected chi connectivity index (χ3v) is 7.46. The van der Waals surface area contributed by atoms with Crippen LogP contribution in [0.2, 0.25) is 0 Å². The van der Waals surface area contributed by atoms with Gasteiger partial charge in [-0.3, -0.25) is 9.79 Å². The molecule has 0 aromatic heterocycles. The average molecular weight is 377 g/mol. The van der Waals surface area contributed by atoms with Crippen LogP contribution in [0, 0.1) is 10.8 Å². The molecule has 4 rings (SSSR count). The molecule has 2 aliphatic heterocycles. The van der Waals surface area contributed by atoms with Crippen LogP contribution in [-0.4, -0.2) is 61.7 Å². The van der Waals surface area contributed by atoms with E-state index in [1.54, 1.807) is 0 Å². The maximum absolute atomic E-state index is 11.8. The maximum atomic E-state index is 11.8. The first-order chi connectivity index (χ1) is 13.1. The van der Waals surface area contributed by atoms with Gasteiger partial charge < -0.3 is 20.3 Å². The van der Waals surface area contributed by atoms with Crippen LogP contribution in [0.1, 0.15) is 65.2 Å². The number of hydrogen-bond acceptors (Lipinski definition) is 3.